The molecular formula is C19H22N2O6S. The Bertz CT molecular complexity index is 932. The van der Waals surface area contributed by atoms with E-state index in [4.69, 9.17) is 14.2 Å². The van der Waals surface area contributed by atoms with Crippen molar-refractivity contribution in [1.82, 2.24) is 4.31 Å². The molecule has 0 radical (unpaired) electrons. The third-order valence-corrected chi connectivity index (χ3v) is 6.21. The van der Waals surface area contributed by atoms with Crippen LogP contribution in [0.15, 0.2) is 47.4 Å². The van der Waals surface area contributed by atoms with Crippen LogP contribution in [-0.2, 0) is 14.8 Å². The highest BCUT2D eigenvalue weighted by atomic mass is 32.2. The van der Waals surface area contributed by atoms with Crippen LogP contribution in [0.25, 0.3) is 0 Å². The zero-order chi connectivity index (χ0) is 20.1. The first kappa shape index (κ1) is 20.1. The number of anilines is 1. The van der Waals surface area contributed by atoms with Crippen molar-refractivity contribution in [2.75, 3.05) is 45.8 Å². The molecule has 9 heteroatoms. The van der Waals surface area contributed by atoms with Crippen molar-refractivity contribution in [2.45, 2.75) is 4.90 Å². The number of amides is 1. The fourth-order valence-electron chi connectivity index (χ4n) is 2.82. The van der Waals surface area contributed by atoms with Gasteiger partial charge in [-0.15, -0.1) is 0 Å². The van der Waals surface area contributed by atoms with Gasteiger partial charge in [-0.3, -0.25) is 4.79 Å². The maximum Gasteiger partial charge on any atom is 0.255 e. The number of sulfonamides is 1. The number of hydrogen-bond acceptors (Lipinski definition) is 6. The second-order valence-electron chi connectivity index (χ2n) is 6.10. The van der Waals surface area contributed by atoms with Crippen LogP contribution < -0.4 is 14.8 Å². The van der Waals surface area contributed by atoms with Crippen LogP contribution in [0.5, 0.6) is 11.5 Å². The van der Waals surface area contributed by atoms with E-state index in [0.717, 1.165) is 0 Å². The van der Waals surface area contributed by atoms with E-state index in [1.54, 1.807) is 30.3 Å². The van der Waals surface area contributed by atoms with Crippen LogP contribution >= 0.6 is 0 Å². The Kier molecular flexibility index (Phi) is 6.18. The summed E-state index contributed by atoms with van der Waals surface area (Å²) in [4.78, 5) is 12.7. The van der Waals surface area contributed by atoms with Crippen molar-refractivity contribution in [3.63, 3.8) is 0 Å². The Balaban J connectivity index is 1.83. The van der Waals surface area contributed by atoms with E-state index in [9.17, 15) is 13.2 Å². The average molecular weight is 406 g/mol. The first-order valence-corrected chi connectivity index (χ1v) is 10.1. The van der Waals surface area contributed by atoms with Crippen molar-refractivity contribution < 1.29 is 27.4 Å². The Hall–Kier alpha value is -2.62. The lowest BCUT2D eigenvalue weighted by Crippen LogP contribution is -2.40. The molecule has 1 amide bonds. The summed E-state index contributed by atoms with van der Waals surface area (Å²) in [5.41, 5.74) is 0.707. The van der Waals surface area contributed by atoms with Gasteiger partial charge in [0.1, 0.15) is 11.5 Å². The van der Waals surface area contributed by atoms with E-state index < -0.39 is 15.9 Å². The molecule has 0 aliphatic carbocycles. The molecule has 0 unspecified atom stereocenters. The second kappa shape index (κ2) is 8.59. The summed E-state index contributed by atoms with van der Waals surface area (Å²) < 4.78 is 42.5. The van der Waals surface area contributed by atoms with Crippen LogP contribution in [-0.4, -0.2) is 59.2 Å². The molecule has 0 atom stereocenters. The van der Waals surface area contributed by atoms with Crippen LogP contribution in [0.4, 0.5) is 5.69 Å². The van der Waals surface area contributed by atoms with Crippen molar-refractivity contribution in [3.8, 4) is 11.5 Å². The minimum atomic E-state index is -3.68. The maximum atomic E-state index is 12.8. The van der Waals surface area contributed by atoms with Crippen molar-refractivity contribution in [1.29, 1.82) is 0 Å². The summed E-state index contributed by atoms with van der Waals surface area (Å²) in [5, 5.41) is 2.74. The van der Waals surface area contributed by atoms with Gasteiger partial charge in [-0.05, 0) is 18.2 Å². The topological polar surface area (TPSA) is 94.2 Å². The number of carbonyl (C=O) groups is 1. The van der Waals surface area contributed by atoms with Crippen LogP contribution in [0, 0.1) is 0 Å². The van der Waals surface area contributed by atoms with Crippen molar-refractivity contribution >= 4 is 21.6 Å². The molecule has 2 aromatic rings. The smallest absolute Gasteiger partial charge is 0.255 e. The summed E-state index contributed by atoms with van der Waals surface area (Å²) in [6, 6.07) is 10.9. The molecule has 1 aliphatic heterocycles. The quantitative estimate of drug-likeness (QED) is 0.788. The maximum absolute atomic E-state index is 12.8. The van der Waals surface area contributed by atoms with E-state index in [1.165, 1.54) is 30.7 Å². The fraction of sp³-hybridized carbons (Fsp3) is 0.316. The Labute approximate surface area is 164 Å². The number of nitrogens with zero attached hydrogens (tertiary/aromatic N) is 1. The van der Waals surface area contributed by atoms with Gasteiger partial charge in [0.05, 0.1) is 32.3 Å². The standard InChI is InChI=1S/C19H22N2O6S/c1-25-16-11-15(12-17(13-16)26-2)20-19(22)14-4-3-5-18(10-14)28(23,24)21-6-8-27-9-7-21/h3-5,10-13H,6-9H2,1-2H3,(H,20,22). The van der Waals surface area contributed by atoms with E-state index in [0.29, 0.717) is 43.5 Å². The Morgan fingerprint density at radius 1 is 1.04 bits per heavy atom. The van der Waals surface area contributed by atoms with Crippen LogP contribution in [0.2, 0.25) is 0 Å². The number of ether oxygens (including phenoxy) is 3. The van der Waals surface area contributed by atoms with Gasteiger partial charge in [0.25, 0.3) is 5.91 Å². The van der Waals surface area contributed by atoms with Crippen LogP contribution in [0.1, 0.15) is 10.4 Å². The first-order chi connectivity index (χ1) is 13.4. The van der Waals surface area contributed by atoms with Gasteiger partial charge >= 0.3 is 0 Å². The molecule has 8 nitrogen and oxygen atoms in total. The Morgan fingerprint density at radius 2 is 1.68 bits per heavy atom. The number of hydrogen-bond donors (Lipinski definition) is 1. The molecule has 0 saturated carbocycles. The van der Waals surface area contributed by atoms with Gasteiger partial charge < -0.3 is 19.5 Å². The molecule has 1 saturated heterocycles. The minimum absolute atomic E-state index is 0.0743. The molecule has 1 heterocycles. The third-order valence-electron chi connectivity index (χ3n) is 4.31. The number of nitrogens with one attached hydrogen (secondary N) is 1. The van der Waals surface area contributed by atoms with Gasteiger partial charge in [0.2, 0.25) is 10.0 Å². The van der Waals surface area contributed by atoms with Gasteiger partial charge in [-0.25, -0.2) is 8.42 Å². The molecule has 3 rings (SSSR count). The first-order valence-electron chi connectivity index (χ1n) is 8.66. The van der Waals surface area contributed by atoms with Crippen LogP contribution in [0.3, 0.4) is 0 Å². The monoisotopic (exact) mass is 406 g/mol. The lowest BCUT2D eigenvalue weighted by Gasteiger charge is -2.26. The lowest BCUT2D eigenvalue weighted by atomic mass is 10.2. The van der Waals surface area contributed by atoms with E-state index in [1.807, 2.05) is 0 Å². The average Bonchev–Trinajstić information content (AvgIpc) is 2.74. The zero-order valence-electron chi connectivity index (χ0n) is 15.7. The third kappa shape index (κ3) is 4.44. The number of morpholine rings is 1. The molecule has 150 valence electrons. The number of benzene rings is 2. The van der Waals surface area contributed by atoms with Gasteiger partial charge in [0.15, 0.2) is 0 Å². The zero-order valence-corrected chi connectivity index (χ0v) is 16.5. The normalized spacial score (nSPS) is 15.1. The van der Waals surface area contributed by atoms with E-state index >= 15 is 0 Å². The molecular weight excluding hydrogens is 384 g/mol. The summed E-state index contributed by atoms with van der Waals surface area (Å²) >= 11 is 0. The van der Waals surface area contributed by atoms with E-state index in [-0.39, 0.29) is 10.5 Å². The molecule has 0 spiro atoms. The van der Waals surface area contributed by atoms with Gasteiger partial charge in [-0.2, -0.15) is 4.31 Å². The summed E-state index contributed by atoms with van der Waals surface area (Å²) in [6.07, 6.45) is 0. The molecule has 0 bridgehead atoms. The highest BCUT2D eigenvalue weighted by molar-refractivity contribution is 7.89. The highest BCUT2D eigenvalue weighted by Gasteiger charge is 2.26. The highest BCUT2D eigenvalue weighted by Crippen LogP contribution is 2.26. The van der Waals surface area contributed by atoms with Gasteiger partial charge in [0, 0.05) is 42.5 Å². The number of methoxy groups -OCH3 is 2. The summed E-state index contributed by atoms with van der Waals surface area (Å²) in [7, 11) is -0.650. The van der Waals surface area contributed by atoms with Crippen molar-refractivity contribution in [3.05, 3.63) is 48.0 Å². The predicted molar refractivity (Wildman–Crippen MR) is 104 cm³/mol. The second-order valence-corrected chi connectivity index (χ2v) is 8.04. The number of rotatable bonds is 6. The predicted octanol–water partition coefficient (Wildman–Crippen LogP) is 1.98. The Morgan fingerprint density at radius 3 is 2.29 bits per heavy atom. The summed E-state index contributed by atoms with van der Waals surface area (Å²) in [5.74, 6) is 0.617. The number of carbonyl (C=O) groups excluding carboxylic acids is 1. The van der Waals surface area contributed by atoms with Gasteiger partial charge in [-0.1, -0.05) is 6.07 Å². The van der Waals surface area contributed by atoms with E-state index in [2.05, 4.69) is 5.32 Å². The molecule has 1 N–H and O–H groups in total. The fourth-order valence-corrected chi connectivity index (χ4v) is 4.27. The lowest BCUT2D eigenvalue weighted by molar-refractivity contribution is 0.0730. The molecule has 2 aromatic carbocycles. The SMILES string of the molecule is COc1cc(NC(=O)c2cccc(S(=O)(=O)N3CCOCC3)c2)cc(OC)c1. The van der Waals surface area contributed by atoms with Crippen molar-refractivity contribution in [2.24, 2.45) is 0 Å². The summed E-state index contributed by atoms with van der Waals surface area (Å²) in [6.45, 7) is 1.30. The molecule has 28 heavy (non-hydrogen) atoms. The molecule has 1 fully saturated rings. The molecule has 1 aliphatic rings. The minimum Gasteiger partial charge on any atom is -0.497 e. The largest absolute Gasteiger partial charge is 0.497 e. The molecule has 0 aromatic heterocycles.